The fourth-order valence-electron chi connectivity index (χ4n) is 3.08. The molecule has 0 aliphatic heterocycles. The predicted molar refractivity (Wildman–Crippen MR) is 130 cm³/mol. The Hall–Kier alpha value is -4.31. The first kappa shape index (κ1) is 23.8. The number of carbonyl (C=O) groups is 3. The highest BCUT2D eigenvalue weighted by molar-refractivity contribution is 7.09. The molecule has 0 saturated carbocycles. The van der Waals surface area contributed by atoms with Gasteiger partial charge in [0.1, 0.15) is 0 Å². The second-order valence-corrected chi connectivity index (χ2v) is 8.60. The minimum Gasteiger partial charge on any atom is -0.452 e. The summed E-state index contributed by atoms with van der Waals surface area (Å²) in [5.74, 6) is -0.719. The molecule has 2 aromatic heterocycles. The lowest BCUT2D eigenvalue weighted by Gasteiger charge is -2.07. The number of imide groups is 1. The van der Waals surface area contributed by atoms with Crippen molar-refractivity contribution in [3.63, 3.8) is 0 Å². The third kappa shape index (κ3) is 6.61. The van der Waals surface area contributed by atoms with Gasteiger partial charge in [-0.15, -0.1) is 21.5 Å². The number of aryl methyl sites for hydroxylation is 1. The van der Waals surface area contributed by atoms with Gasteiger partial charge in [0.15, 0.2) is 6.61 Å². The Morgan fingerprint density at radius 1 is 0.943 bits per heavy atom. The molecule has 2 heterocycles. The third-order valence-electron chi connectivity index (χ3n) is 4.92. The van der Waals surface area contributed by atoms with Crippen LogP contribution in [0.1, 0.15) is 20.8 Å². The van der Waals surface area contributed by atoms with Crippen molar-refractivity contribution in [2.24, 2.45) is 0 Å². The topological polar surface area (TPSA) is 123 Å². The summed E-state index contributed by atoms with van der Waals surface area (Å²) in [6.07, 6.45) is 0.668. The van der Waals surface area contributed by atoms with E-state index < -0.39 is 24.5 Å². The molecular weight excluding hydrogens is 468 g/mol. The summed E-state index contributed by atoms with van der Waals surface area (Å²) in [6.45, 7) is 1.80. The zero-order valence-corrected chi connectivity index (χ0v) is 19.6. The first-order valence-corrected chi connectivity index (χ1v) is 11.6. The molecule has 0 fully saturated rings. The lowest BCUT2D eigenvalue weighted by Crippen LogP contribution is -2.42. The van der Waals surface area contributed by atoms with E-state index in [9.17, 15) is 14.4 Å². The van der Waals surface area contributed by atoms with E-state index in [0.29, 0.717) is 30.3 Å². The smallest absolute Gasteiger partial charge is 0.338 e. The van der Waals surface area contributed by atoms with E-state index in [2.05, 4.69) is 20.8 Å². The van der Waals surface area contributed by atoms with E-state index in [1.54, 1.807) is 23.5 Å². The van der Waals surface area contributed by atoms with Gasteiger partial charge >= 0.3 is 12.0 Å². The van der Waals surface area contributed by atoms with Crippen LogP contribution in [-0.4, -0.2) is 41.3 Å². The molecule has 0 unspecified atom stereocenters. The maximum absolute atomic E-state index is 12.2. The molecule has 10 heteroatoms. The summed E-state index contributed by atoms with van der Waals surface area (Å²) in [4.78, 5) is 37.0. The van der Waals surface area contributed by atoms with E-state index in [1.165, 1.54) is 12.1 Å². The summed E-state index contributed by atoms with van der Waals surface area (Å²) < 4.78 is 10.7. The molecule has 4 aromatic rings. The van der Waals surface area contributed by atoms with Crippen LogP contribution in [0.5, 0.6) is 0 Å². The number of benzene rings is 2. The highest BCUT2D eigenvalue weighted by Crippen LogP contribution is 2.24. The number of nitrogens with one attached hydrogen (secondary N) is 2. The van der Waals surface area contributed by atoms with Crippen LogP contribution in [0.4, 0.5) is 4.79 Å². The monoisotopic (exact) mass is 490 g/mol. The molecule has 0 aliphatic rings. The maximum atomic E-state index is 12.2. The minimum atomic E-state index is -0.724. The van der Waals surface area contributed by atoms with Crippen molar-refractivity contribution in [2.75, 3.05) is 13.2 Å². The normalized spacial score (nSPS) is 10.5. The van der Waals surface area contributed by atoms with Gasteiger partial charge in [0, 0.05) is 22.5 Å². The molecule has 2 N–H and O–H groups in total. The maximum Gasteiger partial charge on any atom is 0.338 e. The first-order valence-electron chi connectivity index (χ1n) is 10.8. The summed E-state index contributed by atoms with van der Waals surface area (Å²) >= 11 is 1.59. The van der Waals surface area contributed by atoms with E-state index in [-0.39, 0.29) is 5.56 Å². The van der Waals surface area contributed by atoms with Crippen molar-refractivity contribution in [1.82, 2.24) is 20.8 Å². The number of aromatic nitrogens is 2. The first-order chi connectivity index (χ1) is 17.0. The molecule has 0 aliphatic carbocycles. The Bertz CT molecular complexity index is 1300. The summed E-state index contributed by atoms with van der Waals surface area (Å²) in [5.41, 5.74) is 2.80. The highest BCUT2D eigenvalue weighted by Gasteiger charge is 2.14. The summed E-state index contributed by atoms with van der Waals surface area (Å²) in [6, 6.07) is 17.3. The van der Waals surface area contributed by atoms with Crippen LogP contribution >= 0.6 is 11.3 Å². The highest BCUT2D eigenvalue weighted by atomic mass is 32.1. The molecule has 4 rings (SSSR count). The van der Waals surface area contributed by atoms with Gasteiger partial charge in [-0.1, -0.05) is 23.8 Å². The van der Waals surface area contributed by atoms with Gasteiger partial charge in [0.2, 0.25) is 11.8 Å². The number of hydrogen-bond donors (Lipinski definition) is 2. The second-order valence-electron chi connectivity index (χ2n) is 7.57. The molecule has 0 radical (unpaired) electrons. The number of urea groups is 1. The van der Waals surface area contributed by atoms with Gasteiger partial charge in [-0.05, 0) is 61.2 Å². The van der Waals surface area contributed by atoms with Gasteiger partial charge in [-0.2, -0.15) is 0 Å². The van der Waals surface area contributed by atoms with E-state index in [0.717, 1.165) is 16.0 Å². The Balaban J connectivity index is 1.24. The predicted octanol–water partition coefficient (Wildman–Crippen LogP) is 4.00. The largest absolute Gasteiger partial charge is 0.452 e. The molecule has 0 bridgehead atoms. The van der Waals surface area contributed by atoms with Crippen molar-refractivity contribution >= 4 is 29.2 Å². The molecule has 3 amide bonds. The van der Waals surface area contributed by atoms with Crippen LogP contribution in [-0.2, 0) is 16.0 Å². The van der Waals surface area contributed by atoms with Crippen LogP contribution in [0.3, 0.4) is 0 Å². The average Bonchev–Trinajstić information content (AvgIpc) is 3.56. The number of rotatable bonds is 8. The summed E-state index contributed by atoms with van der Waals surface area (Å²) in [7, 11) is 0. The molecule has 178 valence electrons. The standard InChI is InChI=1S/C25H22N4O5S/c1-16-4-6-17(7-5-16)22-28-29-23(34-22)18-8-10-19(11-9-18)24(31)33-15-21(30)27-25(32)26-13-12-20-3-2-14-35-20/h2-11,14H,12-13,15H2,1H3,(H2,26,27,30,32). The van der Waals surface area contributed by atoms with Gasteiger partial charge in [-0.3, -0.25) is 10.1 Å². The average molecular weight is 491 g/mol. The van der Waals surface area contributed by atoms with Gasteiger partial charge in [-0.25, -0.2) is 9.59 Å². The number of ether oxygens (including phenoxy) is 1. The van der Waals surface area contributed by atoms with Crippen LogP contribution < -0.4 is 10.6 Å². The molecule has 0 saturated heterocycles. The second kappa shape index (κ2) is 11.2. The Morgan fingerprint density at radius 3 is 2.23 bits per heavy atom. The van der Waals surface area contributed by atoms with Gasteiger partial charge < -0.3 is 14.5 Å². The number of amides is 3. The summed E-state index contributed by atoms with van der Waals surface area (Å²) in [5, 5.41) is 14.8. The number of thiophene rings is 1. The lowest BCUT2D eigenvalue weighted by molar-refractivity contribution is -0.123. The van der Waals surface area contributed by atoms with Gasteiger partial charge in [0.05, 0.1) is 5.56 Å². The minimum absolute atomic E-state index is 0.236. The number of esters is 1. The van der Waals surface area contributed by atoms with Crippen molar-refractivity contribution < 1.29 is 23.5 Å². The molecule has 0 spiro atoms. The quantitative estimate of drug-likeness (QED) is 0.358. The van der Waals surface area contributed by atoms with Gasteiger partial charge in [0.25, 0.3) is 5.91 Å². The third-order valence-corrected chi connectivity index (χ3v) is 5.85. The number of nitrogens with zero attached hydrogens (tertiary/aromatic N) is 2. The van der Waals surface area contributed by atoms with Crippen LogP contribution in [0.15, 0.2) is 70.5 Å². The van der Waals surface area contributed by atoms with Crippen molar-refractivity contribution in [3.8, 4) is 22.9 Å². The zero-order valence-electron chi connectivity index (χ0n) is 18.8. The van der Waals surface area contributed by atoms with Crippen molar-refractivity contribution in [2.45, 2.75) is 13.3 Å². The van der Waals surface area contributed by atoms with Crippen molar-refractivity contribution in [3.05, 3.63) is 82.0 Å². The van der Waals surface area contributed by atoms with Crippen LogP contribution in [0.25, 0.3) is 22.9 Å². The fraction of sp³-hybridized carbons (Fsp3) is 0.160. The van der Waals surface area contributed by atoms with E-state index in [1.807, 2.05) is 48.7 Å². The molecule has 9 nitrogen and oxygen atoms in total. The molecule has 35 heavy (non-hydrogen) atoms. The Labute approximate surface area is 205 Å². The van der Waals surface area contributed by atoms with Crippen LogP contribution in [0.2, 0.25) is 0 Å². The lowest BCUT2D eigenvalue weighted by atomic mass is 10.1. The fourth-order valence-corrected chi connectivity index (χ4v) is 3.79. The zero-order chi connectivity index (χ0) is 24.6. The van der Waals surface area contributed by atoms with Crippen LogP contribution in [0, 0.1) is 6.92 Å². The molecule has 0 atom stereocenters. The van der Waals surface area contributed by atoms with E-state index in [4.69, 9.17) is 9.15 Å². The number of hydrogen-bond acceptors (Lipinski definition) is 8. The Kier molecular flexibility index (Phi) is 7.63. The molecular formula is C25H22N4O5S. The number of carbonyl (C=O) groups excluding carboxylic acids is 3. The molecule has 2 aromatic carbocycles. The van der Waals surface area contributed by atoms with Crippen molar-refractivity contribution in [1.29, 1.82) is 0 Å². The Morgan fingerprint density at radius 2 is 1.60 bits per heavy atom. The van der Waals surface area contributed by atoms with E-state index >= 15 is 0 Å². The SMILES string of the molecule is Cc1ccc(-c2nnc(-c3ccc(C(=O)OCC(=O)NC(=O)NCCc4cccs4)cc3)o2)cc1.